The average Bonchev–Trinajstić information content (AvgIpc) is 2.09. The number of aliphatic hydroxyl groups is 2. The predicted molar refractivity (Wildman–Crippen MR) is 46.1 cm³/mol. The van der Waals surface area contributed by atoms with Crippen LogP contribution >= 0.6 is 0 Å². The second-order valence-corrected chi connectivity index (χ2v) is 2.71. The molecule has 0 heterocycles. The summed E-state index contributed by atoms with van der Waals surface area (Å²) in [7, 11) is 0. The first-order chi connectivity index (χ1) is 6.15. The van der Waals surface area contributed by atoms with Crippen LogP contribution in [0.2, 0.25) is 0 Å². The molecule has 1 unspecified atom stereocenters. The fraction of sp³-hybridized carbons (Fsp3) is 0.444. The Kier molecular flexibility index (Phi) is 3.08. The fourth-order valence-corrected chi connectivity index (χ4v) is 1.09. The third-order valence-corrected chi connectivity index (χ3v) is 1.72. The molecule has 13 heavy (non-hydrogen) atoms. The fourth-order valence-electron chi connectivity index (χ4n) is 1.09. The normalized spacial score (nSPS) is 21.8. The molecule has 0 fully saturated rings. The minimum absolute atomic E-state index is 0.112. The molecule has 0 amide bonds. The molecule has 0 aliphatic heterocycles. The first kappa shape index (κ1) is 9.80. The van der Waals surface area contributed by atoms with Gasteiger partial charge in [-0.15, -0.1) is 0 Å². The second-order valence-electron chi connectivity index (χ2n) is 2.71. The van der Waals surface area contributed by atoms with Crippen molar-refractivity contribution in [2.45, 2.75) is 19.4 Å². The van der Waals surface area contributed by atoms with Gasteiger partial charge in [-0.2, -0.15) is 0 Å². The number of allylic oxidation sites excluding steroid dienone is 1. The van der Waals surface area contributed by atoms with Crippen LogP contribution in [0.4, 0.5) is 0 Å². The van der Waals surface area contributed by atoms with Crippen LogP contribution in [0.15, 0.2) is 23.5 Å². The van der Waals surface area contributed by atoms with E-state index in [-0.39, 0.29) is 24.4 Å². The van der Waals surface area contributed by atoms with Crippen molar-refractivity contribution < 1.29 is 19.7 Å². The molecular weight excluding hydrogens is 172 g/mol. The quantitative estimate of drug-likeness (QED) is 0.619. The molecule has 0 aromatic carbocycles. The Labute approximate surface area is 76.1 Å². The van der Waals surface area contributed by atoms with Crippen molar-refractivity contribution in [3.8, 4) is 0 Å². The molecule has 1 aliphatic carbocycles. The topological polar surface area (TPSA) is 66.8 Å². The van der Waals surface area contributed by atoms with Crippen molar-refractivity contribution in [3.63, 3.8) is 0 Å². The Bertz CT molecular complexity index is 265. The SMILES string of the molecule is CCOC(=O)C1=C(O)C=CC(O)C1. The summed E-state index contributed by atoms with van der Waals surface area (Å²) in [6, 6.07) is 0. The van der Waals surface area contributed by atoms with Gasteiger partial charge in [0.1, 0.15) is 5.76 Å². The molecule has 4 heteroatoms. The number of carbonyl (C=O) groups excluding carboxylic acids is 1. The summed E-state index contributed by atoms with van der Waals surface area (Å²) in [6.45, 7) is 1.94. The minimum atomic E-state index is -0.713. The van der Waals surface area contributed by atoms with E-state index in [9.17, 15) is 15.0 Å². The lowest BCUT2D eigenvalue weighted by Crippen LogP contribution is -2.18. The molecule has 1 rings (SSSR count). The first-order valence-electron chi connectivity index (χ1n) is 4.10. The molecule has 72 valence electrons. The smallest absolute Gasteiger partial charge is 0.337 e. The van der Waals surface area contributed by atoms with E-state index in [0.717, 1.165) is 0 Å². The van der Waals surface area contributed by atoms with E-state index in [4.69, 9.17) is 4.74 Å². The maximum Gasteiger partial charge on any atom is 0.337 e. The van der Waals surface area contributed by atoms with Gasteiger partial charge in [-0.1, -0.05) is 6.08 Å². The van der Waals surface area contributed by atoms with Crippen molar-refractivity contribution in [1.82, 2.24) is 0 Å². The lowest BCUT2D eigenvalue weighted by Gasteiger charge is -2.14. The van der Waals surface area contributed by atoms with Gasteiger partial charge in [0.25, 0.3) is 0 Å². The van der Waals surface area contributed by atoms with Crippen LogP contribution in [-0.4, -0.2) is 28.9 Å². The standard InChI is InChI=1S/C9H12O4/c1-2-13-9(12)7-5-6(10)3-4-8(7)11/h3-4,6,10-11H,2,5H2,1H3. The molecular formula is C9H12O4. The summed E-state index contributed by atoms with van der Waals surface area (Å²) in [4.78, 5) is 11.2. The molecule has 2 N–H and O–H groups in total. The van der Waals surface area contributed by atoms with E-state index in [1.54, 1.807) is 6.92 Å². The molecule has 1 aliphatic rings. The van der Waals surface area contributed by atoms with E-state index in [2.05, 4.69) is 0 Å². The van der Waals surface area contributed by atoms with Crippen molar-refractivity contribution >= 4 is 5.97 Å². The number of ether oxygens (including phenoxy) is 1. The molecule has 0 bridgehead atoms. The Morgan fingerprint density at radius 1 is 1.77 bits per heavy atom. The largest absolute Gasteiger partial charge is 0.507 e. The Morgan fingerprint density at radius 2 is 2.46 bits per heavy atom. The lowest BCUT2D eigenvalue weighted by atomic mass is 10.0. The van der Waals surface area contributed by atoms with Gasteiger partial charge in [0.15, 0.2) is 0 Å². The van der Waals surface area contributed by atoms with E-state index >= 15 is 0 Å². The van der Waals surface area contributed by atoms with Gasteiger partial charge in [-0.3, -0.25) is 0 Å². The number of carbonyl (C=O) groups is 1. The van der Waals surface area contributed by atoms with Crippen LogP contribution in [0, 0.1) is 0 Å². The molecule has 0 saturated heterocycles. The van der Waals surface area contributed by atoms with Crippen molar-refractivity contribution in [1.29, 1.82) is 0 Å². The van der Waals surface area contributed by atoms with Gasteiger partial charge in [-0.05, 0) is 13.0 Å². The van der Waals surface area contributed by atoms with Gasteiger partial charge < -0.3 is 14.9 Å². The highest BCUT2D eigenvalue weighted by Gasteiger charge is 2.21. The van der Waals surface area contributed by atoms with Gasteiger partial charge in [-0.25, -0.2) is 4.79 Å². The van der Waals surface area contributed by atoms with Crippen molar-refractivity contribution in [3.05, 3.63) is 23.5 Å². The Balaban J connectivity index is 2.77. The van der Waals surface area contributed by atoms with Gasteiger partial charge in [0, 0.05) is 6.42 Å². The van der Waals surface area contributed by atoms with E-state index in [0.29, 0.717) is 0 Å². The Morgan fingerprint density at radius 3 is 3.08 bits per heavy atom. The molecule has 0 aromatic heterocycles. The van der Waals surface area contributed by atoms with Crippen molar-refractivity contribution in [2.75, 3.05) is 6.61 Å². The summed E-state index contributed by atoms with van der Waals surface area (Å²) in [5, 5.41) is 18.4. The van der Waals surface area contributed by atoms with E-state index < -0.39 is 12.1 Å². The zero-order valence-corrected chi connectivity index (χ0v) is 7.36. The lowest BCUT2D eigenvalue weighted by molar-refractivity contribution is -0.139. The van der Waals surface area contributed by atoms with Crippen LogP contribution in [0.25, 0.3) is 0 Å². The zero-order valence-electron chi connectivity index (χ0n) is 7.36. The monoisotopic (exact) mass is 184 g/mol. The van der Waals surface area contributed by atoms with Crippen LogP contribution in [0.3, 0.4) is 0 Å². The number of aliphatic hydroxyl groups excluding tert-OH is 2. The number of rotatable bonds is 2. The van der Waals surface area contributed by atoms with E-state index in [1.165, 1.54) is 12.2 Å². The van der Waals surface area contributed by atoms with Gasteiger partial charge in [0.2, 0.25) is 0 Å². The molecule has 0 aromatic rings. The molecule has 0 saturated carbocycles. The van der Waals surface area contributed by atoms with E-state index in [1.807, 2.05) is 0 Å². The summed E-state index contributed by atoms with van der Waals surface area (Å²) >= 11 is 0. The molecule has 0 radical (unpaired) electrons. The second kappa shape index (κ2) is 4.09. The maximum absolute atomic E-state index is 11.2. The summed E-state index contributed by atoms with van der Waals surface area (Å²) < 4.78 is 4.70. The Hall–Kier alpha value is -1.29. The number of esters is 1. The summed E-state index contributed by atoms with van der Waals surface area (Å²) in [5.74, 6) is -0.688. The van der Waals surface area contributed by atoms with Crippen LogP contribution < -0.4 is 0 Å². The van der Waals surface area contributed by atoms with Crippen LogP contribution in [0.5, 0.6) is 0 Å². The predicted octanol–water partition coefficient (Wildman–Crippen LogP) is 0.682. The highest BCUT2D eigenvalue weighted by atomic mass is 16.5. The third-order valence-electron chi connectivity index (χ3n) is 1.72. The summed E-state index contributed by atoms with van der Waals surface area (Å²) in [5.41, 5.74) is 0.136. The first-order valence-corrected chi connectivity index (χ1v) is 4.10. The number of hydrogen-bond donors (Lipinski definition) is 2. The third kappa shape index (κ3) is 2.32. The van der Waals surface area contributed by atoms with Gasteiger partial charge >= 0.3 is 5.97 Å². The minimum Gasteiger partial charge on any atom is -0.507 e. The highest BCUT2D eigenvalue weighted by Crippen LogP contribution is 2.18. The van der Waals surface area contributed by atoms with Gasteiger partial charge in [0.05, 0.1) is 18.3 Å². The van der Waals surface area contributed by atoms with Crippen LogP contribution in [0.1, 0.15) is 13.3 Å². The molecule has 0 spiro atoms. The average molecular weight is 184 g/mol. The maximum atomic E-state index is 11.2. The van der Waals surface area contributed by atoms with Crippen LogP contribution in [-0.2, 0) is 9.53 Å². The highest BCUT2D eigenvalue weighted by molar-refractivity contribution is 5.89. The summed E-state index contributed by atoms with van der Waals surface area (Å²) in [6.07, 6.45) is 2.13. The molecule has 1 atom stereocenters. The number of hydrogen-bond acceptors (Lipinski definition) is 4. The van der Waals surface area contributed by atoms with Crippen molar-refractivity contribution in [2.24, 2.45) is 0 Å². The molecule has 4 nitrogen and oxygen atoms in total. The zero-order chi connectivity index (χ0) is 9.84.